The number of aliphatic carboxylic acids is 1. The molecule has 0 saturated carbocycles. The molecule has 5 aliphatic rings. The number of thiazole rings is 4. The topological polar surface area (TPSA) is 606 Å². The minimum atomic E-state index is -2.24. The summed E-state index contributed by atoms with van der Waals surface area (Å²) in [7, 11) is 0. The van der Waals surface area contributed by atoms with Gasteiger partial charge < -0.3 is 93.9 Å². The summed E-state index contributed by atoms with van der Waals surface area (Å²) in [5, 5.41) is 89.7. The molecule has 15 atom stereocenters. The molecule has 0 saturated heterocycles. The lowest BCUT2D eigenvalue weighted by atomic mass is 9.80. The van der Waals surface area contributed by atoms with Crippen LogP contribution in [0.25, 0.3) is 6.08 Å². The summed E-state index contributed by atoms with van der Waals surface area (Å²) < 4.78 is 12.2. The lowest BCUT2D eigenvalue weighted by Gasteiger charge is -2.41. The molecule has 5 aromatic heterocycles. The number of carboxylic acid groups (broad SMARTS) is 1. The standard InChI is InChI=1S/C77H89N19O21S5/c1-14-41-70-89-48(26-118-70)67(111)95-58(76(13,115)38(12)98)73-91-47(27-121-73)65(109)94-54-37(11)117-74(114)44-23-40(36(10)116-51(101)18-16-15-17-50(99)100)39-19-20-42(56(102)55(39)85-44)84-52(29(2)3)68(112)83-33(7)62(106)80-31(5)61(105)81-34(8)63(107)96-77(75-92-49(28-122-75)66(110)93-53(35(9)97)69(113)87-41)22-21-43(86-57(77)45-24-120-72(54)88-45)71-90-46(25-119-71)64(108)82-32(6)60(104)79-30(4)59(78)103/h14,19-20,23-25,27-29,34-38,42,48,52-54,56-58,84,97-98,102,115H,4-7,15-18,21-22,26H2,1-3,8-13H3,(H2,78,103)(H,79,104)(H,80,106)(H,81,105)(H,82,108)(H,83,112)(H,87,113)(H,93,110)(H,94,109)(H,95,111)(H,96,107)(H,99,100)/b41-14-. The Labute approximate surface area is 716 Å². The number of amides is 11. The van der Waals surface area contributed by atoms with Crippen molar-refractivity contribution in [2.45, 2.75) is 191 Å². The average Bonchev–Trinajstić information content (AvgIpc) is 1.53. The fourth-order valence-electron chi connectivity index (χ4n) is 12.9. The summed E-state index contributed by atoms with van der Waals surface area (Å²) in [6.45, 7) is 26.9. The number of carbonyl (C=O) groups is 14. The molecular formula is C77H89N19O21S5. The van der Waals surface area contributed by atoms with E-state index in [-0.39, 0.29) is 115 Å². The Morgan fingerprint density at radius 2 is 1.43 bits per heavy atom. The number of hydrogen-bond donors (Lipinski definition) is 17. The van der Waals surface area contributed by atoms with Gasteiger partial charge in [0.05, 0.1) is 69.9 Å². The Morgan fingerprint density at radius 1 is 0.754 bits per heavy atom. The number of unbranched alkanes of at least 4 members (excludes halogenated alkanes) is 1. The van der Waals surface area contributed by atoms with Gasteiger partial charge in [-0.15, -0.1) is 57.1 Å². The third-order valence-electron chi connectivity index (χ3n) is 20.0. The van der Waals surface area contributed by atoms with Crippen LogP contribution in [0.5, 0.6) is 0 Å². The molecule has 40 nitrogen and oxygen atoms in total. The van der Waals surface area contributed by atoms with Gasteiger partial charge in [-0.2, -0.15) is 0 Å². The van der Waals surface area contributed by atoms with Crippen LogP contribution in [0.3, 0.4) is 0 Å². The van der Waals surface area contributed by atoms with Gasteiger partial charge in [0.2, 0.25) is 23.6 Å². The second-order valence-electron chi connectivity index (χ2n) is 29.4. The van der Waals surface area contributed by atoms with Crippen molar-refractivity contribution in [3.8, 4) is 0 Å². The summed E-state index contributed by atoms with van der Waals surface area (Å²) in [5.74, 6) is -14.9. The van der Waals surface area contributed by atoms with Crippen molar-refractivity contribution in [2.75, 3.05) is 5.75 Å². The maximum absolute atomic E-state index is 15.4. The van der Waals surface area contributed by atoms with Crippen molar-refractivity contribution >= 4 is 157 Å². The van der Waals surface area contributed by atoms with Crippen LogP contribution >= 0.6 is 57.1 Å². The monoisotopic (exact) mass is 1780 g/mol. The number of aliphatic hydroxyl groups excluding tert-OH is 3. The molecule has 45 heteroatoms. The predicted molar refractivity (Wildman–Crippen MR) is 443 cm³/mol. The molecular weight excluding hydrogens is 1690 g/mol. The number of aliphatic hydroxyl groups is 4. The number of esters is 2. The molecule has 9 heterocycles. The van der Waals surface area contributed by atoms with Crippen molar-refractivity contribution in [3.63, 3.8) is 0 Å². The molecule has 122 heavy (non-hydrogen) atoms. The van der Waals surface area contributed by atoms with Crippen LogP contribution in [0.4, 0.5) is 0 Å². The number of carbonyl (C=O) groups excluding carboxylic acids is 13. The second-order valence-corrected chi connectivity index (χ2v) is 33.9. The maximum atomic E-state index is 15.4. The molecule has 4 aliphatic heterocycles. The number of ether oxygens (including phenoxy) is 2. The molecule has 11 amide bonds. The first kappa shape index (κ1) is 92.5. The lowest BCUT2D eigenvalue weighted by molar-refractivity contribution is -0.149. The number of primary amides is 1. The molecule has 0 aromatic carbocycles. The van der Waals surface area contributed by atoms with E-state index in [9.17, 15) is 78.3 Å². The summed E-state index contributed by atoms with van der Waals surface area (Å²) in [6.07, 6.45) is -4.19. The number of pyridine rings is 1. The Balaban J connectivity index is 1.18. The predicted octanol–water partition coefficient (Wildman–Crippen LogP) is 1.70. The molecule has 0 fully saturated rings. The van der Waals surface area contributed by atoms with Crippen LogP contribution in [0.1, 0.15) is 216 Å². The first-order chi connectivity index (χ1) is 57.5. The highest BCUT2D eigenvalue weighted by Crippen LogP contribution is 2.48. The number of rotatable bonds is 17. The number of allylic oxidation sites excluding steroid dienone is 1. The molecule has 13 bridgehead atoms. The zero-order chi connectivity index (χ0) is 89.4. The highest BCUT2D eigenvalue weighted by molar-refractivity contribution is 8.14. The van der Waals surface area contributed by atoms with E-state index in [4.69, 9.17) is 30.2 Å². The number of aliphatic imine (C=N–C) groups is 2. The van der Waals surface area contributed by atoms with Gasteiger partial charge in [0.1, 0.15) is 114 Å². The summed E-state index contributed by atoms with van der Waals surface area (Å²) in [6, 6.07) is -10.7. The van der Waals surface area contributed by atoms with Gasteiger partial charge in [-0.3, -0.25) is 77.6 Å². The maximum Gasteiger partial charge on any atom is 0.357 e. The number of nitrogens with two attached hydrogens (primary N) is 1. The molecule has 0 spiro atoms. The molecule has 10 rings (SSSR count). The number of fused-ring (bicyclic) bond motifs is 7. The van der Waals surface area contributed by atoms with E-state index in [1.54, 1.807) is 13.8 Å². The van der Waals surface area contributed by atoms with Gasteiger partial charge in [-0.05, 0) is 86.1 Å². The number of cyclic esters (lactones) is 1. The van der Waals surface area contributed by atoms with E-state index < -0.39 is 213 Å². The summed E-state index contributed by atoms with van der Waals surface area (Å²) in [5.41, 5.74) is -3.06. The number of carboxylic acids is 1. The van der Waals surface area contributed by atoms with Crippen LogP contribution in [-0.4, -0.2) is 204 Å². The second kappa shape index (κ2) is 38.9. The van der Waals surface area contributed by atoms with Gasteiger partial charge in [0, 0.05) is 51.2 Å². The first-order valence-corrected chi connectivity index (χ1v) is 42.3. The smallest absolute Gasteiger partial charge is 0.357 e. The average molecular weight is 1780 g/mol. The van der Waals surface area contributed by atoms with Crippen LogP contribution in [0.15, 0.2) is 105 Å². The molecule has 0 radical (unpaired) electrons. The van der Waals surface area contributed by atoms with Crippen molar-refractivity contribution in [2.24, 2.45) is 21.6 Å². The summed E-state index contributed by atoms with van der Waals surface area (Å²) in [4.78, 5) is 229. The van der Waals surface area contributed by atoms with Gasteiger partial charge in [-0.1, -0.05) is 58.4 Å². The summed E-state index contributed by atoms with van der Waals surface area (Å²) >= 11 is 4.29. The quantitative estimate of drug-likeness (QED) is 0.0358. The van der Waals surface area contributed by atoms with Crippen LogP contribution < -0.4 is 64.2 Å². The number of aromatic nitrogens is 5. The zero-order valence-corrected chi connectivity index (χ0v) is 71.1. The van der Waals surface area contributed by atoms with E-state index in [0.29, 0.717) is 0 Å². The fraction of sp³-hybridized carbons (Fsp3) is 0.416. The first-order valence-electron chi connectivity index (χ1n) is 37.8. The molecule has 15 unspecified atom stereocenters. The van der Waals surface area contributed by atoms with E-state index in [2.05, 4.69) is 105 Å². The SMILES string of the molecule is C=C(NC(=O)C(=C)NC(=O)c1csc(C2=NC3c4csc(n4)C4NC(=O)c5csc(n5)C(C(C)(O)C(C)O)NC(=O)C5CSC(=N5)/C(=C/C)NC(=O)C(C(C)O)NC(=O)c5csc(n5)C3(CC2)NC(=O)C(C)NC(=O)C(=C)NC(=O)C(=C)NC(=O)C(C(C)C)NC2C=Cc3c(C(C)OC(=O)CCCCC(=O)O)cc(nc3C2O)C(=O)OC4C)n1)C(N)=O. The lowest BCUT2D eigenvalue weighted by Crippen LogP contribution is -2.57. The Morgan fingerprint density at radius 3 is 2.11 bits per heavy atom. The van der Waals surface area contributed by atoms with Crippen molar-refractivity contribution in [3.05, 3.63) is 160 Å². The van der Waals surface area contributed by atoms with Crippen molar-refractivity contribution < 1.29 is 102 Å². The normalized spacial score (nSPS) is 25.0. The Hall–Kier alpha value is -11.8. The van der Waals surface area contributed by atoms with Crippen molar-refractivity contribution in [1.82, 2.24) is 83.4 Å². The number of thioether (sulfide) groups is 1. The fourth-order valence-corrected chi connectivity index (χ4v) is 17.8. The zero-order valence-electron chi connectivity index (χ0n) is 67.0. The van der Waals surface area contributed by atoms with E-state index in [1.807, 2.05) is 0 Å². The van der Waals surface area contributed by atoms with E-state index >= 15 is 14.4 Å². The van der Waals surface area contributed by atoms with Gasteiger partial charge in [-0.25, -0.2) is 29.7 Å². The Bertz CT molecular complexity index is 5250. The van der Waals surface area contributed by atoms with Crippen LogP contribution in [0.2, 0.25) is 0 Å². The van der Waals surface area contributed by atoms with Crippen molar-refractivity contribution in [1.29, 1.82) is 0 Å². The Kier molecular flexibility index (Phi) is 29.5. The minimum Gasteiger partial charge on any atom is -0.481 e. The number of hydrogen-bond acceptors (Lipinski definition) is 33. The minimum absolute atomic E-state index is 0.0395. The van der Waals surface area contributed by atoms with Crippen LogP contribution in [0, 0.1) is 5.92 Å². The molecule has 18 N–H and O–H groups in total. The largest absolute Gasteiger partial charge is 0.481 e. The van der Waals surface area contributed by atoms with Gasteiger partial charge >= 0.3 is 17.9 Å². The number of nitrogens with one attached hydrogen (secondary N) is 11. The molecule has 5 aromatic rings. The molecule has 1 aliphatic carbocycles. The van der Waals surface area contributed by atoms with E-state index in [0.717, 1.165) is 57.1 Å². The highest BCUT2D eigenvalue weighted by atomic mass is 32.2. The molecule has 648 valence electrons. The van der Waals surface area contributed by atoms with E-state index in [1.165, 1.54) is 94.3 Å². The highest BCUT2D eigenvalue weighted by Gasteiger charge is 2.51. The van der Waals surface area contributed by atoms with Gasteiger partial charge in [0.25, 0.3) is 41.4 Å². The number of nitrogens with zero attached hydrogens (tertiary/aromatic N) is 7. The third-order valence-corrected chi connectivity index (χ3v) is 24.9. The third kappa shape index (κ3) is 21.2. The van der Waals surface area contributed by atoms with Gasteiger partial charge in [0.15, 0.2) is 0 Å². The van der Waals surface area contributed by atoms with Crippen LogP contribution in [-0.2, 0) is 63.0 Å².